The van der Waals surface area contributed by atoms with Crippen LogP contribution in [0.25, 0.3) is 10.9 Å². The van der Waals surface area contributed by atoms with E-state index in [2.05, 4.69) is 33.7 Å². The molecule has 4 rings (SSSR count). The zero-order valence-corrected chi connectivity index (χ0v) is 15.3. The molecule has 5 N–H and O–H groups in total. The number of fused-ring (bicyclic) bond motifs is 3. The van der Waals surface area contributed by atoms with E-state index >= 15 is 0 Å². The monoisotopic (exact) mass is 356 g/mol. The van der Waals surface area contributed by atoms with Gasteiger partial charge in [-0.1, -0.05) is 6.07 Å². The van der Waals surface area contributed by atoms with E-state index in [9.17, 15) is 0 Å². The highest BCUT2D eigenvalue weighted by atomic mass is 32.1. The molecule has 2 aliphatic rings. The van der Waals surface area contributed by atoms with E-state index in [1.54, 1.807) is 4.90 Å². The molecule has 0 bridgehead atoms. The summed E-state index contributed by atoms with van der Waals surface area (Å²) in [5.41, 5.74) is 14.5. The maximum Gasteiger partial charge on any atom is 0.184 e. The first-order valence-electron chi connectivity index (χ1n) is 9.30. The van der Waals surface area contributed by atoms with Gasteiger partial charge in [-0.25, -0.2) is 0 Å². The molecule has 132 valence electrons. The molecule has 1 aliphatic carbocycles. The fourth-order valence-corrected chi connectivity index (χ4v) is 4.27. The first-order chi connectivity index (χ1) is 12.2. The molecule has 2 heterocycles. The lowest BCUT2D eigenvalue weighted by Gasteiger charge is -2.23. The SMILES string of the molecule is NC(=S)N/N=C1\CCCc2c1[nH]c1ccc(C[NH+]3CCCCC3)cc21. The number of rotatable bonds is 3. The van der Waals surface area contributed by atoms with Crippen LogP contribution in [0.15, 0.2) is 23.3 Å². The Bertz CT molecular complexity index is 817. The van der Waals surface area contributed by atoms with Crippen molar-refractivity contribution in [2.75, 3.05) is 13.1 Å². The number of nitrogens with one attached hydrogen (secondary N) is 3. The van der Waals surface area contributed by atoms with Gasteiger partial charge in [0, 0.05) is 16.5 Å². The molecule has 1 fully saturated rings. The molecular formula is C19H26N5S+. The zero-order valence-electron chi connectivity index (χ0n) is 14.5. The molecule has 1 aliphatic heterocycles. The lowest BCUT2D eigenvalue weighted by atomic mass is 9.93. The summed E-state index contributed by atoms with van der Waals surface area (Å²) in [5, 5.41) is 5.96. The Balaban J connectivity index is 1.64. The number of piperidine rings is 1. The number of aromatic amines is 1. The van der Waals surface area contributed by atoms with Gasteiger partial charge in [0.1, 0.15) is 6.54 Å². The first kappa shape index (κ1) is 16.5. The summed E-state index contributed by atoms with van der Waals surface area (Å²) in [6.07, 6.45) is 7.29. The lowest BCUT2D eigenvalue weighted by molar-refractivity contribution is -0.918. The van der Waals surface area contributed by atoms with E-state index in [0.717, 1.165) is 37.2 Å². The number of likely N-dealkylation sites (tertiary alicyclic amines) is 1. The van der Waals surface area contributed by atoms with Gasteiger partial charge in [-0.15, -0.1) is 0 Å². The number of nitrogens with two attached hydrogens (primary N) is 1. The molecule has 1 aromatic heterocycles. The van der Waals surface area contributed by atoms with E-state index in [1.807, 2.05) is 0 Å². The van der Waals surface area contributed by atoms with Crippen molar-refractivity contribution in [3.8, 4) is 0 Å². The molecule has 0 radical (unpaired) electrons. The van der Waals surface area contributed by atoms with Crippen LogP contribution >= 0.6 is 12.2 Å². The van der Waals surface area contributed by atoms with E-state index in [1.165, 1.54) is 54.4 Å². The van der Waals surface area contributed by atoms with E-state index in [0.29, 0.717) is 0 Å². The third-order valence-corrected chi connectivity index (χ3v) is 5.51. The minimum absolute atomic E-state index is 0.211. The second kappa shape index (κ2) is 7.14. The highest BCUT2D eigenvalue weighted by molar-refractivity contribution is 7.80. The van der Waals surface area contributed by atoms with Gasteiger partial charge in [0.25, 0.3) is 0 Å². The van der Waals surface area contributed by atoms with E-state index in [-0.39, 0.29) is 5.11 Å². The van der Waals surface area contributed by atoms with Gasteiger partial charge >= 0.3 is 0 Å². The van der Waals surface area contributed by atoms with Crippen molar-refractivity contribution in [3.05, 3.63) is 35.0 Å². The number of quaternary nitrogens is 1. The zero-order chi connectivity index (χ0) is 17.2. The fourth-order valence-electron chi connectivity index (χ4n) is 4.22. The number of hydrazone groups is 1. The topological polar surface area (TPSA) is 70.6 Å². The molecule has 2 aromatic rings. The van der Waals surface area contributed by atoms with Crippen LogP contribution in [0.4, 0.5) is 0 Å². The number of H-pyrrole nitrogens is 1. The van der Waals surface area contributed by atoms with Gasteiger partial charge in [-0.3, -0.25) is 5.43 Å². The van der Waals surface area contributed by atoms with E-state index < -0.39 is 0 Å². The van der Waals surface area contributed by atoms with Crippen molar-refractivity contribution < 1.29 is 4.90 Å². The predicted octanol–water partition coefficient (Wildman–Crippen LogP) is 1.61. The van der Waals surface area contributed by atoms with Gasteiger partial charge in [-0.05, 0) is 68.4 Å². The number of aromatic nitrogens is 1. The number of aryl methyl sites for hydroxylation is 1. The van der Waals surface area contributed by atoms with Crippen molar-refractivity contribution in [3.63, 3.8) is 0 Å². The number of benzene rings is 1. The highest BCUT2D eigenvalue weighted by Crippen LogP contribution is 2.30. The minimum atomic E-state index is 0.211. The smallest absolute Gasteiger partial charge is 0.184 e. The van der Waals surface area contributed by atoms with Crippen LogP contribution in [0.3, 0.4) is 0 Å². The number of hydrogen-bond donors (Lipinski definition) is 4. The fraction of sp³-hybridized carbons (Fsp3) is 0.474. The van der Waals surface area contributed by atoms with Crippen LogP contribution in [0.1, 0.15) is 48.9 Å². The molecule has 6 heteroatoms. The molecule has 0 saturated carbocycles. The van der Waals surface area contributed by atoms with Crippen LogP contribution in [-0.2, 0) is 13.0 Å². The molecule has 5 nitrogen and oxygen atoms in total. The van der Waals surface area contributed by atoms with E-state index in [4.69, 9.17) is 18.0 Å². The molecule has 0 atom stereocenters. The highest BCUT2D eigenvalue weighted by Gasteiger charge is 2.22. The van der Waals surface area contributed by atoms with Crippen LogP contribution in [0, 0.1) is 0 Å². The normalized spacial score (nSPS) is 19.9. The maximum absolute atomic E-state index is 5.51. The molecule has 1 aromatic carbocycles. The Labute approximate surface area is 153 Å². The predicted molar refractivity (Wildman–Crippen MR) is 106 cm³/mol. The maximum atomic E-state index is 5.51. The van der Waals surface area contributed by atoms with Gasteiger partial charge < -0.3 is 15.6 Å². The summed E-state index contributed by atoms with van der Waals surface area (Å²) in [5.74, 6) is 0. The molecular weight excluding hydrogens is 330 g/mol. The number of hydrogen-bond acceptors (Lipinski definition) is 2. The quantitative estimate of drug-likeness (QED) is 0.499. The lowest BCUT2D eigenvalue weighted by Crippen LogP contribution is -3.11. The molecule has 0 spiro atoms. The molecule has 0 amide bonds. The van der Waals surface area contributed by atoms with Gasteiger partial charge in [0.2, 0.25) is 0 Å². The summed E-state index contributed by atoms with van der Waals surface area (Å²) in [7, 11) is 0. The Kier molecular flexibility index (Phi) is 4.72. The summed E-state index contributed by atoms with van der Waals surface area (Å²) >= 11 is 4.87. The second-order valence-electron chi connectivity index (χ2n) is 7.23. The summed E-state index contributed by atoms with van der Waals surface area (Å²) in [4.78, 5) is 5.28. The molecule has 0 unspecified atom stereocenters. The average molecular weight is 357 g/mol. The summed E-state index contributed by atoms with van der Waals surface area (Å²) in [6.45, 7) is 3.76. The van der Waals surface area contributed by atoms with Gasteiger partial charge in [0.15, 0.2) is 5.11 Å². The Morgan fingerprint density at radius 2 is 2.04 bits per heavy atom. The first-order valence-corrected chi connectivity index (χ1v) is 9.71. The number of thiocarbonyl (C=S) groups is 1. The van der Waals surface area contributed by atoms with Gasteiger partial charge in [-0.2, -0.15) is 5.10 Å². The van der Waals surface area contributed by atoms with Crippen LogP contribution in [-0.4, -0.2) is 28.9 Å². The van der Waals surface area contributed by atoms with Crippen LogP contribution in [0.2, 0.25) is 0 Å². The standard InChI is InChI=1S/C19H25N5S/c20-19(25)23-22-17-6-4-5-14-15-11-13(7-8-16(15)21-18(14)17)12-24-9-2-1-3-10-24/h7-8,11,21H,1-6,9-10,12H2,(H3,20,23,25)/p+1/b22-17+. The van der Waals surface area contributed by atoms with Crippen molar-refractivity contribution in [2.45, 2.75) is 45.1 Å². The minimum Gasteiger partial charge on any atom is -0.375 e. The number of nitrogens with zero attached hydrogens (tertiary/aromatic N) is 1. The summed E-state index contributed by atoms with van der Waals surface area (Å²) in [6, 6.07) is 6.89. The van der Waals surface area contributed by atoms with Crippen molar-refractivity contribution in [1.82, 2.24) is 10.4 Å². The van der Waals surface area contributed by atoms with Crippen molar-refractivity contribution in [1.29, 1.82) is 0 Å². The second-order valence-corrected chi connectivity index (χ2v) is 7.67. The van der Waals surface area contributed by atoms with Crippen LogP contribution in [0.5, 0.6) is 0 Å². The van der Waals surface area contributed by atoms with Crippen molar-refractivity contribution >= 4 is 33.9 Å². The third kappa shape index (κ3) is 3.55. The third-order valence-electron chi connectivity index (χ3n) is 5.42. The van der Waals surface area contributed by atoms with Gasteiger partial charge in [0.05, 0.1) is 24.5 Å². The Morgan fingerprint density at radius 3 is 2.84 bits per heavy atom. The largest absolute Gasteiger partial charge is 0.375 e. The molecule has 1 saturated heterocycles. The Hall–Kier alpha value is -1.92. The Morgan fingerprint density at radius 1 is 1.20 bits per heavy atom. The average Bonchev–Trinajstić information content (AvgIpc) is 2.99. The van der Waals surface area contributed by atoms with Crippen LogP contribution < -0.4 is 16.1 Å². The van der Waals surface area contributed by atoms with Crippen molar-refractivity contribution in [2.24, 2.45) is 10.8 Å². The summed E-state index contributed by atoms with van der Waals surface area (Å²) < 4.78 is 0. The molecule has 25 heavy (non-hydrogen) atoms.